The zero-order chi connectivity index (χ0) is 15.6. The molecule has 0 saturated heterocycles. The number of hydrogen-bond acceptors (Lipinski definition) is 3. The summed E-state index contributed by atoms with van der Waals surface area (Å²) in [4.78, 5) is 21.9. The maximum atomic E-state index is 13.9. The molecule has 0 aliphatic carbocycles. The van der Waals surface area contributed by atoms with Gasteiger partial charge in [-0.3, -0.25) is 0 Å². The first-order valence-corrected chi connectivity index (χ1v) is 5.88. The van der Waals surface area contributed by atoms with Crippen molar-refractivity contribution < 1.29 is 28.9 Å². The van der Waals surface area contributed by atoms with Gasteiger partial charge in [-0.1, -0.05) is 6.07 Å². The molecule has 108 valence electrons. The fraction of sp³-hybridized carbons (Fsp3) is 0.0667. The predicted molar refractivity (Wildman–Crippen MR) is 72.3 cm³/mol. The normalized spacial score (nSPS) is 10.2. The summed E-state index contributed by atoms with van der Waals surface area (Å²) < 4.78 is 18.8. The quantitative estimate of drug-likeness (QED) is 0.904. The topological polar surface area (TPSA) is 83.8 Å². The van der Waals surface area contributed by atoms with Gasteiger partial charge in [-0.15, -0.1) is 0 Å². The lowest BCUT2D eigenvalue weighted by Gasteiger charge is -2.09. The standard InChI is InChI=1S/C15H11FO5/c1-21-13-7-8(2-4-10(13)15(19)20)11-6-9(14(17)18)3-5-12(11)16/h2-7H,1H3,(H,17,18)(H,19,20). The van der Waals surface area contributed by atoms with E-state index in [0.29, 0.717) is 5.56 Å². The van der Waals surface area contributed by atoms with E-state index >= 15 is 0 Å². The van der Waals surface area contributed by atoms with Gasteiger partial charge in [0.1, 0.15) is 17.1 Å². The van der Waals surface area contributed by atoms with E-state index < -0.39 is 17.8 Å². The van der Waals surface area contributed by atoms with Crippen molar-refractivity contribution in [3.8, 4) is 16.9 Å². The van der Waals surface area contributed by atoms with Crippen LogP contribution in [0, 0.1) is 5.82 Å². The summed E-state index contributed by atoms with van der Waals surface area (Å²) in [6.45, 7) is 0. The second-order valence-electron chi connectivity index (χ2n) is 4.22. The van der Waals surface area contributed by atoms with Gasteiger partial charge in [-0.2, -0.15) is 0 Å². The second kappa shape index (κ2) is 5.62. The van der Waals surface area contributed by atoms with Gasteiger partial charge in [-0.25, -0.2) is 14.0 Å². The van der Waals surface area contributed by atoms with Gasteiger partial charge in [0.15, 0.2) is 0 Å². The van der Waals surface area contributed by atoms with Crippen LogP contribution in [0.25, 0.3) is 11.1 Å². The summed E-state index contributed by atoms with van der Waals surface area (Å²) in [5, 5.41) is 17.9. The molecule has 6 heteroatoms. The molecule has 0 fully saturated rings. The van der Waals surface area contributed by atoms with Gasteiger partial charge in [0.25, 0.3) is 0 Å². The summed E-state index contributed by atoms with van der Waals surface area (Å²) in [7, 11) is 1.30. The monoisotopic (exact) mass is 290 g/mol. The van der Waals surface area contributed by atoms with Gasteiger partial charge in [-0.05, 0) is 35.9 Å². The van der Waals surface area contributed by atoms with Gasteiger partial charge in [0, 0.05) is 5.56 Å². The first-order valence-electron chi connectivity index (χ1n) is 5.88. The molecule has 0 saturated carbocycles. The highest BCUT2D eigenvalue weighted by molar-refractivity contribution is 5.93. The summed E-state index contributed by atoms with van der Waals surface area (Å²) in [5.41, 5.74) is 0.270. The third-order valence-corrected chi connectivity index (χ3v) is 2.96. The van der Waals surface area contributed by atoms with Gasteiger partial charge in [0.2, 0.25) is 0 Å². The Hall–Kier alpha value is -2.89. The lowest BCUT2D eigenvalue weighted by atomic mass is 10.0. The molecular formula is C15H11FO5. The lowest BCUT2D eigenvalue weighted by molar-refractivity contribution is 0.0684. The number of ether oxygens (including phenoxy) is 1. The van der Waals surface area contributed by atoms with Crippen LogP contribution >= 0.6 is 0 Å². The van der Waals surface area contributed by atoms with Crippen LogP contribution in [0.15, 0.2) is 36.4 Å². The Morgan fingerprint density at radius 1 is 1.05 bits per heavy atom. The van der Waals surface area contributed by atoms with E-state index in [-0.39, 0.29) is 22.4 Å². The highest BCUT2D eigenvalue weighted by atomic mass is 19.1. The van der Waals surface area contributed by atoms with Crippen molar-refractivity contribution in [1.29, 1.82) is 0 Å². The van der Waals surface area contributed by atoms with Crippen LogP contribution in [0.3, 0.4) is 0 Å². The molecule has 2 rings (SSSR count). The van der Waals surface area contributed by atoms with Crippen LogP contribution in [0.1, 0.15) is 20.7 Å². The number of benzene rings is 2. The van der Waals surface area contributed by atoms with E-state index in [1.54, 1.807) is 0 Å². The van der Waals surface area contributed by atoms with Crippen LogP contribution in [0.5, 0.6) is 5.75 Å². The van der Waals surface area contributed by atoms with E-state index in [0.717, 1.165) is 12.1 Å². The van der Waals surface area contributed by atoms with Crippen molar-refractivity contribution in [2.75, 3.05) is 7.11 Å². The molecule has 0 atom stereocenters. The second-order valence-corrected chi connectivity index (χ2v) is 4.22. The number of hydrogen-bond donors (Lipinski definition) is 2. The van der Waals surface area contributed by atoms with E-state index in [2.05, 4.69) is 0 Å². The molecule has 2 N–H and O–H groups in total. The minimum absolute atomic E-state index is 0.0592. The fourth-order valence-corrected chi connectivity index (χ4v) is 1.91. The zero-order valence-corrected chi connectivity index (χ0v) is 11.0. The molecule has 0 aromatic heterocycles. The maximum Gasteiger partial charge on any atom is 0.339 e. The third-order valence-electron chi connectivity index (χ3n) is 2.96. The van der Waals surface area contributed by atoms with Crippen molar-refractivity contribution in [2.45, 2.75) is 0 Å². The van der Waals surface area contributed by atoms with Crippen molar-refractivity contribution in [3.05, 3.63) is 53.3 Å². The lowest BCUT2D eigenvalue weighted by Crippen LogP contribution is -2.01. The first kappa shape index (κ1) is 14.5. The van der Waals surface area contributed by atoms with Gasteiger partial charge in [0.05, 0.1) is 12.7 Å². The van der Waals surface area contributed by atoms with Gasteiger partial charge < -0.3 is 14.9 Å². The Bertz CT molecular complexity index is 724. The van der Waals surface area contributed by atoms with E-state index in [9.17, 15) is 14.0 Å². The van der Waals surface area contributed by atoms with E-state index in [4.69, 9.17) is 14.9 Å². The SMILES string of the molecule is COc1cc(-c2cc(C(=O)O)ccc2F)ccc1C(=O)O. The number of aromatic carboxylic acids is 2. The molecular weight excluding hydrogens is 279 g/mol. The molecule has 0 aliphatic heterocycles. The van der Waals surface area contributed by atoms with E-state index in [1.165, 1.54) is 31.4 Å². The molecule has 0 heterocycles. The third kappa shape index (κ3) is 2.84. The minimum Gasteiger partial charge on any atom is -0.496 e. The largest absolute Gasteiger partial charge is 0.496 e. The Labute approximate surface area is 119 Å². The molecule has 0 unspecified atom stereocenters. The minimum atomic E-state index is -1.18. The Morgan fingerprint density at radius 2 is 1.76 bits per heavy atom. The van der Waals surface area contributed by atoms with Crippen molar-refractivity contribution >= 4 is 11.9 Å². The van der Waals surface area contributed by atoms with Crippen LogP contribution in [-0.4, -0.2) is 29.3 Å². The smallest absolute Gasteiger partial charge is 0.339 e. The maximum absolute atomic E-state index is 13.9. The van der Waals surface area contributed by atoms with Crippen molar-refractivity contribution in [1.82, 2.24) is 0 Å². The van der Waals surface area contributed by atoms with Crippen molar-refractivity contribution in [3.63, 3.8) is 0 Å². The highest BCUT2D eigenvalue weighted by Gasteiger charge is 2.15. The number of carboxylic acids is 2. The number of carboxylic acid groups (broad SMARTS) is 2. The van der Waals surface area contributed by atoms with Crippen LogP contribution in [-0.2, 0) is 0 Å². The Balaban J connectivity index is 2.59. The van der Waals surface area contributed by atoms with Crippen LogP contribution in [0.2, 0.25) is 0 Å². The molecule has 2 aromatic rings. The molecule has 0 spiro atoms. The summed E-state index contributed by atoms with van der Waals surface area (Å²) in [6, 6.07) is 7.43. The Morgan fingerprint density at radius 3 is 2.33 bits per heavy atom. The summed E-state index contributed by atoms with van der Waals surface area (Å²) in [5.74, 6) is -2.88. The Kier molecular flexibility index (Phi) is 3.89. The average Bonchev–Trinajstić information content (AvgIpc) is 2.46. The predicted octanol–water partition coefficient (Wildman–Crippen LogP) is 2.90. The van der Waals surface area contributed by atoms with Crippen LogP contribution in [0.4, 0.5) is 4.39 Å². The number of carbonyl (C=O) groups is 2. The molecule has 0 aliphatic rings. The van der Waals surface area contributed by atoms with E-state index in [1.807, 2.05) is 0 Å². The molecule has 5 nitrogen and oxygen atoms in total. The number of halogens is 1. The summed E-state index contributed by atoms with van der Waals surface area (Å²) in [6.07, 6.45) is 0. The molecule has 0 bridgehead atoms. The molecule has 2 aromatic carbocycles. The summed E-state index contributed by atoms with van der Waals surface area (Å²) >= 11 is 0. The molecule has 0 radical (unpaired) electrons. The number of rotatable bonds is 4. The number of methoxy groups -OCH3 is 1. The first-order chi connectivity index (χ1) is 9.93. The molecule has 0 amide bonds. The zero-order valence-electron chi connectivity index (χ0n) is 11.0. The fourth-order valence-electron chi connectivity index (χ4n) is 1.91. The van der Waals surface area contributed by atoms with Gasteiger partial charge >= 0.3 is 11.9 Å². The highest BCUT2D eigenvalue weighted by Crippen LogP contribution is 2.29. The van der Waals surface area contributed by atoms with Crippen molar-refractivity contribution in [2.24, 2.45) is 0 Å². The average molecular weight is 290 g/mol. The van der Waals surface area contributed by atoms with Crippen LogP contribution < -0.4 is 4.74 Å². The molecule has 21 heavy (non-hydrogen) atoms.